The zero-order valence-electron chi connectivity index (χ0n) is 15.1. The van der Waals surface area contributed by atoms with E-state index in [1.807, 2.05) is 27.7 Å². The van der Waals surface area contributed by atoms with E-state index in [-0.39, 0.29) is 18.5 Å². The predicted octanol–water partition coefficient (Wildman–Crippen LogP) is 3.02. The molecule has 0 aliphatic carbocycles. The Labute approximate surface area is 143 Å². The van der Waals surface area contributed by atoms with Gasteiger partial charge < -0.3 is 18.4 Å². The highest BCUT2D eigenvalue weighted by Crippen LogP contribution is 2.47. The average Bonchev–Trinajstić information content (AvgIpc) is 2.67. The molecule has 5 nitrogen and oxygen atoms in total. The Morgan fingerprint density at radius 1 is 1.08 bits per heavy atom. The monoisotopic (exact) mass is 358 g/mol. The Morgan fingerprint density at radius 2 is 1.58 bits per heavy atom. The van der Waals surface area contributed by atoms with Gasteiger partial charge in [0.2, 0.25) is 0 Å². The Kier molecular flexibility index (Phi) is 5.63. The lowest BCUT2D eigenvalue weighted by Gasteiger charge is -2.32. The highest BCUT2D eigenvalue weighted by atomic mass is 31.2. The molecule has 0 N–H and O–H groups in total. The Balaban J connectivity index is 2.32. The van der Waals surface area contributed by atoms with Crippen LogP contribution in [-0.4, -0.2) is 31.5 Å². The van der Waals surface area contributed by atoms with Gasteiger partial charge in [0.25, 0.3) is 0 Å². The minimum absolute atomic E-state index is 0.0773. The van der Waals surface area contributed by atoms with Crippen molar-refractivity contribution in [2.45, 2.75) is 52.7 Å². The van der Waals surface area contributed by atoms with Crippen LogP contribution < -0.4 is 10.8 Å². The van der Waals surface area contributed by atoms with E-state index in [4.69, 9.17) is 18.4 Å². The number of benzene rings is 1. The van der Waals surface area contributed by atoms with Crippen molar-refractivity contribution in [3.8, 4) is 0 Å². The maximum absolute atomic E-state index is 14.6. The standard InChI is InChI=1S/C16H25BFO5P/c1-7-20-24(19,21-8-2)14-10-9-12(11-13(14)18)17-22-15(3,4)16(5,6)23-17/h9-11H,7-8H2,1-6H3. The molecule has 134 valence electrons. The van der Waals surface area contributed by atoms with Crippen LogP contribution in [0, 0.1) is 5.82 Å². The predicted molar refractivity (Wildman–Crippen MR) is 92.6 cm³/mol. The summed E-state index contributed by atoms with van der Waals surface area (Å²) >= 11 is 0. The molecule has 0 unspecified atom stereocenters. The first-order chi connectivity index (χ1) is 11.1. The number of hydrogen-bond donors (Lipinski definition) is 0. The van der Waals surface area contributed by atoms with Crippen LogP contribution in [0.5, 0.6) is 0 Å². The molecular formula is C16H25BFO5P. The summed E-state index contributed by atoms with van der Waals surface area (Å²) in [5, 5.41) is -0.0773. The second-order valence-electron chi connectivity index (χ2n) is 6.63. The van der Waals surface area contributed by atoms with Crippen LogP contribution in [0.4, 0.5) is 4.39 Å². The molecule has 0 amide bonds. The zero-order valence-corrected chi connectivity index (χ0v) is 16.0. The SMILES string of the molecule is CCOP(=O)(OCC)c1ccc(B2OC(C)(C)C(C)(C)O2)cc1F. The molecule has 1 heterocycles. The molecule has 1 fully saturated rings. The van der Waals surface area contributed by atoms with Gasteiger partial charge in [-0.25, -0.2) is 4.39 Å². The van der Waals surface area contributed by atoms with E-state index in [9.17, 15) is 8.96 Å². The zero-order chi connectivity index (χ0) is 18.2. The molecule has 0 saturated carbocycles. The summed E-state index contributed by atoms with van der Waals surface area (Å²) < 4.78 is 49.5. The number of rotatable bonds is 6. The largest absolute Gasteiger partial charge is 0.494 e. The summed E-state index contributed by atoms with van der Waals surface area (Å²) in [4.78, 5) is 0. The van der Waals surface area contributed by atoms with E-state index in [0.717, 1.165) is 0 Å². The Morgan fingerprint density at radius 3 is 2.00 bits per heavy atom. The van der Waals surface area contributed by atoms with E-state index >= 15 is 0 Å². The molecule has 24 heavy (non-hydrogen) atoms. The van der Waals surface area contributed by atoms with Crippen molar-refractivity contribution in [2.75, 3.05) is 13.2 Å². The van der Waals surface area contributed by atoms with Crippen molar-refractivity contribution < 1.29 is 27.3 Å². The topological polar surface area (TPSA) is 54.0 Å². The fraction of sp³-hybridized carbons (Fsp3) is 0.625. The second kappa shape index (κ2) is 6.89. The van der Waals surface area contributed by atoms with E-state index in [1.54, 1.807) is 19.9 Å². The summed E-state index contributed by atoms with van der Waals surface area (Å²) in [6, 6.07) is 4.31. The molecule has 0 bridgehead atoms. The van der Waals surface area contributed by atoms with E-state index in [0.29, 0.717) is 5.46 Å². The molecule has 1 aliphatic heterocycles. The smallest absolute Gasteiger partial charge is 0.399 e. The molecule has 8 heteroatoms. The fourth-order valence-electron chi connectivity index (χ4n) is 2.39. The normalized spacial score (nSPS) is 19.7. The first-order valence-electron chi connectivity index (χ1n) is 8.11. The van der Waals surface area contributed by atoms with E-state index in [2.05, 4.69) is 0 Å². The van der Waals surface area contributed by atoms with Gasteiger partial charge in [0.05, 0.1) is 29.7 Å². The van der Waals surface area contributed by atoms with Crippen molar-refractivity contribution in [1.29, 1.82) is 0 Å². The highest BCUT2D eigenvalue weighted by molar-refractivity contribution is 7.62. The lowest BCUT2D eigenvalue weighted by molar-refractivity contribution is 0.00578. The lowest BCUT2D eigenvalue weighted by atomic mass is 9.79. The van der Waals surface area contributed by atoms with Crippen molar-refractivity contribution >= 4 is 25.5 Å². The number of hydrogen-bond acceptors (Lipinski definition) is 5. The summed E-state index contributed by atoms with van der Waals surface area (Å²) in [5.74, 6) is -0.660. The molecule has 2 rings (SSSR count). The quantitative estimate of drug-likeness (QED) is 0.578. The van der Waals surface area contributed by atoms with Crippen LogP contribution in [0.3, 0.4) is 0 Å². The van der Waals surface area contributed by atoms with Crippen LogP contribution in [0.2, 0.25) is 0 Å². The van der Waals surface area contributed by atoms with Gasteiger partial charge in [0, 0.05) is 0 Å². The minimum Gasteiger partial charge on any atom is -0.399 e. The molecular weight excluding hydrogens is 333 g/mol. The maximum Gasteiger partial charge on any atom is 0.494 e. The highest BCUT2D eigenvalue weighted by Gasteiger charge is 2.52. The molecule has 1 aromatic rings. The average molecular weight is 358 g/mol. The Bertz CT molecular complexity index is 623. The molecule has 0 spiro atoms. The first kappa shape index (κ1) is 19.6. The van der Waals surface area contributed by atoms with Crippen LogP contribution in [0.25, 0.3) is 0 Å². The molecule has 1 saturated heterocycles. The van der Waals surface area contributed by atoms with Gasteiger partial charge in [-0.2, -0.15) is 0 Å². The molecule has 0 aromatic heterocycles. The maximum atomic E-state index is 14.6. The van der Waals surface area contributed by atoms with Crippen molar-refractivity contribution in [1.82, 2.24) is 0 Å². The van der Waals surface area contributed by atoms with Crippen molar-refractivity contribution in [2.24, 2.45) is 0 Å². The molecule has 0 atom stereocenters. The van der Waals surface area contributed by atoms with Gasteiger partial charge in [-0.3, -0.25) is 4.57 Å². The van der Waals surface area contributed by atoms with Crippen molar-refractivity contribution in [3.63, 3.8) is 0 Å². The second-order valence-corrected chi connectivity index (χ2v) is 8.63. The van der Waals surface area contributed by atoms with Crippen LogP contribution >= 0.6 is 7.60 Å². The summed E-state index contributed by atoms with van der Waals surface area (Å²) in [7, 11) is -4.35. The summed E-state index contributed by atoms with van der Waals surface area (Å²) in [6.07, 6.45) is 0. The first-order valence-corrected chi connectivity index (χ1v) is 9.65. The van der Waals surface area contributed by atoms with E-state index < -0.39 is 31.7 Å². The van der Waals surface area contributed by atoms with Crippen LogP contribution in [0.1, 0.15) is 41.5 Å². The van der Waals surface area contributed by atoms with E-state index in [1.165, 1.54) is 12.1 Å². The minimum atomic E-state index is -3.67. The van der Waals surface area contributed by atoms with Gasteiger partial charge >= 0.3 is 14.7 Å². The summed E-state index contributed by atoms with van der Waals surface area (Å²) in [5.41, 5.74) is -0.508. The van der Waals surface area contributed by atoms with Crippen LogP contribution in [0.15, 0.2) is 18.2 Å². The van der Waals surface area contributed by atoms with Crippen molar-refractivity contribution in [3.05, 3.63) is 24.0 Å². The van der Waals surface area contributed by atoms with Gasteiger partial charge in [0.15, 0.2) is 0 Å². The van der Waals surface area contributed by atoms with Gasteiger partial charge in [-0.15, -0.1) is 0 Å². The van der Waals surface area contributed by atoms with Gasteiger partial charge in [-0.05, 0) is 59.1 Å². The molecule has 0 radical (unpaired) electrons. The lowest BCUT2D eigenvalue weighted by Crippen LogP contribution is -2.41. The molecule has 1 aliphatic rings. The number of halogens is 1. The Hall–Kier alpha value is -0.715. The third-order valence-electron chi connectivity index (χ3n) is 4.39. The van der Waals surface area contributed by atoms with Gasteiger partial charge in [0.1, 0.15) is 5.82 Å². The third-order valence-corrected chi connectivity index (χ3v) is 6.54. The van der Waals surface area contributed by atoms with Crippen LogP contribution in [-0.2, 0) is 22.9 Å². The fourth-order valence-corrected chi connectivity index (χ4v) is 4.00. The third kappa shape index (κ3) is 3.61. The van der Waals surface area contributed by atoms with Gasteiger partial charge in [-0.1, -0.05) is 6.07 Å². The summed E-state index contributed by atoms with van der Waals surface area (Å²) in [6.45, 7) is 11.4. The molecule has 1 aromatic carbocycles.